The van der Waals surface area contributed by atoms with Crippen molar-refractivity contribution in [3.8, 4) is 0 Å². The van der Waals surface area contributed by atoms with Gasteiger partial charge in [0.25, 0.3) is 5.91 Å². The number of carbonyl (C=O) groups excluding carboxylic acids is 3. The van der Waals surface area contributed by atoms with Crippen LogP contribution in [-0.4, -0.2) is 73.9 Å². The maximum absolute atomic E-state index is 12.7. The molecule has 0 fully saturated rings. The average molecular weight is 656 g/mol. The van der Waals surface area contributed by atoms with Crippen LogP contribution in [0.5, 0.6) is 0 Å². The molecule has 0 spiro atoms. The van der Waals surface area contributed by atoms with Gasteiger partial charge >= 0.3 is 11.9 Å². The number of unbranched alkanes of at least 4 members (excludes halogenated alkanes) is 20. The highest BCUT2D eigenvalue weighted by Gasteiger charge is 2.15. The summed E-state index contributed by atoms with van der Waals surface area (Å²) in [5, 5.41) is 10.8. The first kappa shape index (κ1) is 44.3. The van der Waals surface area contributed by atoms with Crippen molar-refractivity contribution in [3.63, 3.8) is 0 Å². The van der Waals surface area contributed by atoms with Crippen LogP contribution >= 0.6 is 0 Å². The molecule has 0 radical (unpaired) electrons. The molecule has 0 aromatic heterocycles. The molecule has 0 unspecified atom stereocenters. The lowest BCUT2D eigenvalue weighted by molar-refractivity contribution is -0.645. The number of ether oxygens (including phenoxy) is 2. The van der Waals surface area contributed by atoms with Crippen molar-refractivity contribution in [2.75, 3.05) is 46.0 Å². The zero-order valence-corrected chi connectivity index (χ0v) is 30.3. The standard InChI is InChI=1S/C38H74N2O6/c1-3-5-7-9-11-13-15-17-19-21-23-27-37(43)45-33-25-30-40(36(42)35-39-29-32-41)31-26-34-46-38(44)28-24-22-20-18-16-14-12-10-8-6-4-2/h39,41H,3-35H2,1-2H3/p+1. The average Bonchev–Trinajstić information content (AvgIpc) is 3.05. The molecule has 0 rings (SSSR count). The fourth-order valence-corrected chi connectivity index (χ4v) is 5.70. The number of aliphatic hydroxyl groups excluding tert-OH is 1. The summed E-state index contributed by atoms with van der Waals surface area (Å²) >= 11 is 0. The minimum absolute atomic E-state index is 0.0204. The van der Waals surface area contributed by atoms with Gasteiger partial charge in [0.1, 0.15) is 0 Å². The van der Waals surface area contributed by atoms with E-state index < -0.39 is 0 Å². The number of aliphatic hydroxyl groups is 1. The van der Waals surface area contributed by atoms with Gasteiger partial charge < -0.3 is 24.8 Å². The van der Waals surface area contributed by atoms with Crippen LogP contribution < -0.4 is 5.32 Å². The lowest BCUT2D eigenvalue weighted by Gasteiger charge is -2.22. The molecule has 0 bridgehead atoms. The molecule has 0 aliphatic heterocycles. The summed E-state index contributed by atoms with van der Waals surface area (Å²) in [4.78, 5) is 38.8. The number of hydrogen-bond donors (Lipinski definition) is 2. The van der Waals surface area contributed by atoms with Gasteiger partial charge in [-0.05, 0) is 25.7 Å². The maximum Gasteiger partial charge on any atom is 0.305 e. The first-order valence-corrected chi connectivity index (χ1v) is 19.6. The molecule has 0 aliphatic rings. The maximum atomic E-state index is 12.7. The van der Waals surface area contributed by atoms with Crippen molar-refractivity contribution in [1.82, 2.24) is 4.90 Å². The monoisotopic (exact) mass is 656 g/mol. The van der Waals surface area contributed by atoms with Crippen LogP contribution in [0.25, 0.3) is 0 Å². The number of rotatable bonds is 36. The number of carbonyl (C=O) groups is 3. The normalized spacial score (nSPS) is 11.1. The Morgan fingerprint density at radius 2 is 0.870 bits per heavy atom. The molecular weight excluding hydrogens is 580 g/mol. The third-order valence-corrected chi connectivity index (χ3v) is 8.64. The molecule has 46 heavy (non-hydrogen) atoms. The fourth-order valence-electron chi connectivity index (χ4n) is 5.70. The Hall–Kier alpha value is -1.67. The summed E-state index contributed by atoms with van der Waals surface area (Å²) in [6.45, 7) is 6.85. The highest BCUT2D eigenvalue weighted by atomic mass is 16.5. The van der Waals surface area contributed by atoms with E-state index in [2.05, 4.69) is 13.8 Å². The van der Waals surface area contributed by atoms with E-state index in [1.165, 1.54) is 116 Å². The molecule has 0 aromatic rings. The zero-order valence-electron chi connectivity index (χ0n) is 30.3. The van der Waals surface area contributed by atoms with Crippen LogP contribution in [0, 0.1) is 0 Å². The summed E-state index contributed by atoms with van der Waals surface area (Å²) in [5.74, 6) is -0.336. The molecule has 3 N–H and O–H groups in total. The molecule has 272 valence electrons. The van der Waals surface area contributed by atoms with E-state index in [4.69, 9.17) is 14.6 Å². The van der Waals surface area contributed by atoms with Gasteiger partial charge in [0.2, 0.25) is 0 Å². The van der Waals surface area contributed by atoms with Crippen molar-refractivity contribution < 1.29 is 34.3 Å². The Balaban J connectivity index is 3.98. The molecule has 1 amide bonds. The van der Waals surface area contributed by atoms with Gasteiger partial charge in [0, 0.05) is 25.9 Å². The summed E-state index contributed by atoms with van der Waals surface area (Å²) in [5.41, 5.74) is 0. The smallest absolute Gasteiger partial charge is 0.305 e. The van der Waals surface area contributed by atoms with Gasteiger partial charge in [-0.2, -0.15) is 0 Å². The summed E-state index contributed by atoms with van der Waals surface area (Å²) < 4.78 is 10.8. The Morgan fingerprint density at radius 3 is 1.22 bits per heavy atom. The van der Waals surface area contributed by atoms with E-state index in [-0.39, 0.29) is 31.0 Å². The predicted molar refractivity (Wildman–Crippen MR) is 189 cm³/mol. The van der Waals surface area contributed by atoms with Crippen LogP contribution in [0.3, 0.4) is 0 Å². The molecule has 0 aromatic carbocycles. The van der Waals surface area contributed by atoms with E-state index in [0.717, 1.165) is 25.7 Å². The number of nitrogens with zero attached hydrogens (tertiary/aromatic N) is 1. The number of hydrogen-bond acceptors (Lipinski definition) is 6. The second-order valence-electron chi connectivity index (χ2n) is 13.1. The third kappa shape index (κ3) is 32.3. The SMILES string of the molecule is CCCCCCCCCCCCCC(=O)OCCCN(CCCOC(=O)CCCCCCCCCCCCC)C(=O)C[NH2+]CCO. The van der Waals surface area contributed by atoms with Crippen LogP contribution in [0.4, 0.5) is 0 Å². The van der Waals surface area contributed by atoms with Crippen molar-refractivity contribution in [1.29, 1.82) is 0 Å². The molecule has 0 heterocycles. The van der Waals surface area contributed by atoms with Crippen molar-refractivity contribution in [3.05, 3.63) is 0 Å². The first-order valence-electron chi connectivity index (χ1n) is 19.6. The Kier molecular flexibility index (Phi) is 34.9. The topological polar surface area (TPSA) is 110 Å². The van der Waals surface area contributed by atoms with Crippen LogP contribution in [0.1, 0.15) is 181 Å². The largest absolute Gasteiger partial charge is 0.466 e. The zero-order chi connectivity index (χ0) is 33.8. The molecule has 0 saturated heterocycles. The highest BCUT2D eigenvalue weighted by molar-refractivity contribution is 5.77. The summed E-state index contributed by atoms with van der Waals surface area (Å²) in [7, 11) is 0. The van der Waals surface area contributed by atoms with Gasteiger partial charge in [-0.3, -0.25) is 14.4 Å². The molecular formula is C38H75N2O6+. The Labute approximate surface area is 283 Å². The van der Waals surface area contributed by atoms with Crippen LogP contribution in [-0.2, 0) is 23.9 Å². The van der Waals surface area contributed by atoms with Gasteiger partial charge in [-0.1, -0.05) is 142 Å². The number of esters is 2. The number of amides is 1. The van der Waals surface area contributed by atoms with E-state index in [0.29, 0.717) is 58.5 Å². The number of nitrogens with two attached hydrogens (primary N) is 1. The third-order valence-electron chi connectivity index (χ3n) is 8.64. The van der Waals surface area contributed by atoms with Crippen LogP contribution in [0.15, 0.2) is 0 Å². The number of quaternary nitrogens is 1. The van der Waals surface area contributed by atoms with Crippen molar-refractivity contribution in [2.45, 2.75) is 181 Å². The van der Waals surface area contributed by atoms with Crippen LogP contribution in [0.2, 0.25) is 0 Å². The van der Waals surface area contributed by atoms with Gasteiger partial charge in [0.15, 0.2) is 6.54 Å². The lowest BCUT2D eigenvalue weighted by Crippen LogP contribution is -2.87. The summed E-state index contributed by atoms with van der Waals surface area (Å²) in [6, 6.07) is 0. The second-order valence-corrected chi connectivity index (χ2v) is 13.1. The second kappa shape index (κ2) is 36.2. The minimum atomic E-state index is -0.158. The van der Waals surface area contributed by atoms with Gasteiger partial charge in [0.05, 0.1) is 26.4 Å². The van der Waals surface area contributed by atoms with E-state index >= 15 is 0 Å². The molecule has 0 aliphatic carbocycles. The van der Waals surface area contributed by atoms with E-state index in [1.807, 2.05) is 0 Å². The van der Waals surface area contributed by atoms with Crippen molar-refractivity contribution in [2.24, 2.45) is 0 Å². The summed E-state index contributed by atoms with van der Waals surface area (Å²) in [6.07, 6.45) is 29.5. The van der Waals surface area contributed by atoms with Crippen molar-refractivity contribution >= 4 is 17.8 Å². The Bertz CT molecular complexity index is 644. The predicted octanol–water partition coefficient (Wildman–Crippen LogP) is 7.64. The molecule has 0 saturated carbocycles. The van der Waals surface area contributed by atoms with E-state index in [9.17, 15) is 14.4 Å². The quantitative estimate of drug-likeness (QED) is 0.0530. The Morgan fingerprint density at radius 1 is 0.522 bits per heavy atom. The van der Waals surface area contributed by atoms with Gasteiger partial charge in [-0.25, -0.2) is 0 Å². The molecule has 0 atom stereocenters. The molecule has 8 heteroatoms. The van der Waals surface area contributed by atoms with E-state index in [1.54, 1.807) is 10.2 Å². The fraction of sp³-hybridized carbons (Fsp3) is 0.921. The highest BCUT2D eigenvalue weighted by Crippen LogP contribution is 2.13. The minimum Gasteiger partial charge on any atom is -0.466 e. The molecule has 8 nitrogen and oxygen atoms in total. The first-order chi connectivity index (χ1) is 22.5. The van der Waals surface area contributed by atoms with Gasteiger partial charge in [-0.15, -0.1) is 0 Å². The lowest BCUT2D eigenvalue weighted by atomic mass is 10.1.